The molecule has 3 nitrogen and oxygen atoms in total. The molecule has 1 saturated carbocycles. The van der Waals surface area contributed by atoms with Gasteiger partial charge in [-0.05, 0) is 18.9 Å². The maximum absolute atomic E-state index is 10.3. The van der Waals surface area contributed by atoms with E-state index < -0.39 is 5.60 Å². The van der Waals surface area contributed by atoms with Gasteiger partial charge in [0, 0.05) is 17.2 Å². The van der Waals surface area contributed by atoms with Crippen LogP contribution in [-0.2, 0) is 10.3 Å². The smallest absolute Gasteiger partial charge is 0.129 e. The number of pyridine rings is 1. The van der Waals surface area contributed by atoms with Crippen molar-refractivity contribution in [2.45, 2.75) is 18.4 Å². The molecule has 0 aromatic carbocycles. The van der Waals surface area contributed by atoms with E-state index >= 15 is 0 Å². The highest BCUT2D eigenvalue weighted by atomic mass is 35.5. The van der Waals surface area contributed by atoms with Crippen molar-refractivity contribution in [2.24, 2.45) is 5.41 Å². The van der Waals surface area contributed by atoms with Crippen molar-refractivity contribution >= 4 is 11.6 Å². The van der Waals surface area contributed by atoms with Crippen LogP contribution in [0.3, 0.4) is 0 Å². The molecule has 0 bridgehead atoms. The average molecular weight is 226 g/mol. The van der Waals surface area contributed by atoms with E-state index in [2.05, 4.69) is 4.98 Å². The summed E-state index contributed by atoms with van der Waals surface area (Å²) in [7, 11) is 0. The second-order valence-electron chi connectivity index (χ2n) is 4.75. The van der Waals surface area contributed by atoms with Gasteiger partial charge in [0.05, 0.1) is 18.8 Å². The van der Waals surface area contributed by atoms with Crippen LogP contribution in [0.25, 0.3) is 0 Å². The van der Waals surface area contributed by atoms with Crippen molar-refractivity contribution in [2.75, 3.05) is 13.2 Å². The summed E-state index contributed by atoms with van der Waals surface area (Å²) in [5.74, 6) is 0. The molecule has 3 rings (SSSR count). The number of hydrogen-bond donors (Lipinski definition) is 1. The zero-order valence-electron chi connectivity index (χ0n) is 8.24. The number of rotatable bonds is 1. The van der Waals surface area contributed by atoms with Crippen LogP contribution in [0.1, 0.15) is 18.4 Å². The zero-order valence-corrected chi connectivity index (χ0v) is 9.00. The summed E-state index contributed by atoms with van der Waals surface area (Å²) in [4.78, 5) is 3.99. The first kappa shape index (κ1) is 9.58. The third-order valence-corrected chi connectivity index (χ3v) is 3.64. The Hall–Kier alpha value is -0.640. The lowest BCUT2D eigenvalue weighted by Gasteiger charge is -2.57. The van der Waals surface area contributed by atoms with Crippen molar-refractivity contribution in [1.82, 2.24) is 4.98 Å². The summed E-state index contributed by atoms with van der Waals surface area (Å²) in [5, 5.41) is 10.8. The fraction of sp³-hybridized carbons (Fsp3) is 0.545. The second-order valence-corrected chi connectivity index (χ2v) is 5.13. The van der Waals surface area contributed by atoms with Crippen LogP contribution in [0.2, 0.25) is 5.15 Å². The van der Waals surface area contributed by atoms with Crippen LogP contribution in [0, 0.1) is 5.41 Å². The maximum Gasteiger partial charge on any atom is 0.129 e. The molecule has 2 heterocycles. The Labute approximate surface area is 93.0 Å². The monoisotopic (exact) mass is 225 g/mol. The standard InChI is InChI=1S/C11H12ClNO2/c12-9-2-1-8(3-13-9)11(14)4-10(5-11)6-15-7-10/h1-3,14H,4-7H2. The highest BCUT2D eigenvalue weighted by Crippen LogP contribution is 2.57. The fourth-order valence-corrected chi connectivity index (χ4v) is 2.75. The van der Waals surface area contributed by atoms with Gasteiger partial charge in [0.1, 0.15) is 5.15 Å². The lowest BCUT2D eigenvalue weighted by Crippen LogP contribution is -2.59. The summed E-state index contributed by atoms with van der Waals surface area (Å²) in [5.41, 5.74) is 0.403. The molecule has 2 fully saturated rings. The van der Waals surface area contributed by atoms with E-state index in [1.807, 2.05) is 6.07 Å². The normalized spacial score (nSPS) is 25.7. The minimum atomic E-state index is -0.707. The van der Waals surface area contributed by atoms with Crippen LogP contribution < -0.4 is 0 Å². The summed E-state index contributed by atoms with van der Waals surface area (Å²) in [6.07, 6.45) is 3.22. The average Bonchev–Trinajstić information content (AvgIpc) is 2.11. The van der Waals surface area contributed by atoms with Gasteiger partial charge in [-0.15, -0.1) is 0 Å². The Morgan fingerprint density at radius 3 is 2.53 bits per heavy atom. The Bertz CT molecular complexity index is 378. The minimum Gasteiger partial charge on any atom is -0.385 e. The lowest BCUT2D eigenvalue weighted by molar-refractivity contribution is -0.244. The molecule has 1 aromatic heterocycles. The Balaban J connectivity index is 1.80. The predicted octanol–water partition coefficient (Wildman–Crippen LogP) is 1.73. The second kappa shape index (κ2) is 2.94. The number of aromatic nitrogens is 1. The topological polar surface area (TPSA) is 42.4 Å². The van der Waals surface area contributed by atoms with Crippen molar-refractivity contribution < 1.29 is 9.84 Å². The summed E-state index contributed by atoms with van der Waals surface area (Å²) < 4.78 is 5.18. The largest absolute Gasteiger partial charge is 0.385 e. The summed E-state index contributed by atoms with van der Waals surface area (Å²) in [6.45, 7) is 1.58. The molecule has 1 aliphatic heterocycles. The van der Waals surface area contributed by atoms with E-state index in [-0.39, 0.29) is 5.41 Å². The highest BCUT2D eigenvalue weighted by Gasteiger charge is 2.58. The van der Waals surface area contributed by atoms with Gasteiger partial charge in [0.15, 0.2) is 0 Å². The first-order chi connectivity index (χ1) is 7.12. The maximum atomic E-state index is 10.3. The minimum absolute atomic E-state index is 0.244. The van der Waals surface area contributed by atoms with Crippen LogP contribution in [0.5, 0.6) is 0 Å². The van der Waals surface area contributed by atoms with Gasteiger partial charge in [0.25, 0.3) is 0 Å². The number of aliphatic hydroxyl groups is 1. The Morgan fingerprint density at radius 1 is 1.33 bits per heavy atom. The number of hydrogen-bond acceptors (Lipinski definition) is 3. The van der Waals surface area contributed by atoms with Crippen LogP contribution in [-0.4, -0.2) is 23.3 Å². The van der Waals surface area contributed by atoms with E-state index in [1.165, 1.54) is 0 Å². The fourth-order valence-electron chi connectivity index (χ4n) is 2.64. The Morgan fingerprint density at radius 2 is 2.07 bits per heavy atom. The molecule has 4 heteroatoms. The first-order valence-corrected chi connectivity index (χ1v) is 5.42. The van der Waals surface area contributed by atoms with Gasteiger partial charge in [-0.1, -0.05) is 17.7 Å². The molecular weight excluding hydrogens is 214 g/mol. The highest BCUT2D eigenvalue weighted by molar-refractivity contribution is 6.29. The first-order valence-electron chi connectivity index (χ1n) is 5.04. The van der Waals surface area contributed by atoms with Gasteiger partial charge >= 0.3 is 0 Å². The van der Waals surface area contributed by atoms with Crippen molar-refractivity contribution in [3.05, 3.63) is 29.0 Å². The van der Waals surface area contributed by atoms with E-state index in [4.69, 9.17) is 16.3 Å². The molecule has 2 aliphatic rings. The van der Waals surface area contributed by atoms with E-state index in [9.17, 15) is 5.11 Å². The van der Waals surface area contributed by atoms with Gasteiger partial charge in [0.2, 0.25) is 0 Å². The summed E-state index contributed by atoms with van der Waals surface area (Å²) >= 11 is 5.70. The van der Waals surface area contributed by atoms with Crippen LogP contribution in [0.4, 0.5) is 0 Å². The van der Waals surface area contributed by atoms with E-state index in [0.717, 1.165) is 31.6 Å². The third kappa shape index (κ3) is 1.38. The number of ether oxygens (including phenoxy) is 1. The molecule has 1 N–H and O–H groups in total. The van der Waals surface area contributed by atoms with Gasteiger partial charge in [-0.2, -0.15) is 0 Å². The third-order valence-electron chi connectivity index (χ3n) is 3.42. The van der Waals surface area contributed by atoms with Crippen LogP contribution in [0.15, 0.2) is 18.3 Å². The molecule has 0 radical (unpaired) electrons. The predicted molar refractivity (Wildman–Crippen MR) is 55.6 cm³/mol. The molecule has 0 atom stereocenters. The van der Waals surface area contributed by atoms with E-state index in [1.54, 1.807) is 12.3 Å². The molecule has 1 aromatic rings. The molecule has 80 valence electrons. The zero-order chi connectivity index (χ0) is 10.5. The molecule has 1 spiro atoms. The van der Waals surface area contributed by atoms with Crippen molar-refractivity contribution in [3.8, 4) is 0 Å². The van der Waals surface area contributed by atoms with Crippen molar-refractivity contribution in [3.63, 3.8) is 0 Å². The molecule has 0 unspecified atom stereocenters. The Kier molecular flexibility index (Phi) is 1.88. The van der Waals surface area contributed by atoms with E-state index in [0.29, 0.717) is 5.15 Å². The molecule has 1 aliphatic carbocycles. The molecule has 15 heavy (non-hydrogen) atoms. The quantitative estimate of drug-likeness (QED) is 0.741. The van der Waals surface area contributed by atoms with Gasteiger partial charge < -0.3 is 9.84 Å². The molecule has 0 amide bonds. The molecular formula is C11H12ClNO2. The number of halogens is 1. The van der Waals surface area contributed by atoms with Crippen molar-refractivity contribution in [1.29, 1.82) is 0 Å². The lowest BCUT2D eigenvalue weighted by atomic mass is 9.56. The SMILES string of the molecule is OC1(c2ccc(Cl)nc2)CC2(COC2)C1. The van der Waals surface area contributed by atoms with Gasteiger partial charge in [-0.3, -0.25) is 0 Å². The molecule has 1 saturated heterocycles. The summed E-state index contributed by atoms with van der Waals surface area (Å²) in [6, 6.07) is 3.57. The van der Waals surface area contributed by atoms with Crippen LogP contribution >= 0.6 is 11.6 Å². The van der Waals surface area contributed by atoms with Gasteiger partial charge in [-0.25, -0.2) is 4.98 Å². The number of nitrogens with zero attached hydrogens (tertiary/aromatic N) is 1.